The minimum atomic E-state index is -4.74. The minimum Gasteiger partial charge on any atom is -0.352 e. The Balaban J connectivity index is 1.76. The fraction of sp³-hybridized carbons (Fsp3) is 0.355. The number of carbonyl (C=O) groups is 2. The van der Waals surface area contributed by atoms with Crippen LogP contribution in [0.1, 0.15) is 42.4 Å². The highest BCUT2D eigenvalue weighted by Crippen LogP contribution is 2.32. The number of nitrogens with zero attached hydrogens (tertiary/aromatic N) is 2. The largest absolute Gasteiger partial charge is 0.416 e. The molecule has 1 aliphatic carbocycles. The fourth-order valence-electron chi connectivity index (χ4n) is 5.21. The van der Waals surface area contributed by atoms with Crippen LogP contribution in [0, 0.1) is 0 Å². The second-order valence-electron chi connectivity index (χ2n) is 10.8. The molecule has 0 heterocycles. The summed E-state index contributed by atoms with van der Waals surface area (Å²) in [4.78, 5) is 29.3. The molecule has 0 saturated heterocycles. The lowest BCUT2D eigenvalue weighted by Crippen LogP contribution is -2.54. The summed E-state index contributed by atoms with van der Waals surface area (Å²) in [6.07, 6.45) is -0.348. The van der Waals surface area contributed by atoms with E-state index in [1.807, 2.05) is 6.07 Å². The Morgan fingerprint density at radius 3 is 2.27 bits per heavy atom. The Kier molecular flexibility index (Phi) is 10.9. The van der Waals surface area contributed by atoms with Crippen molar-refractivity contribution in [2.45, 2.75) is 56.9 Å². The van der Waals surface area contributed by atoms with Gasteiger partial charge in [0.15, 0.2) is 0 Å². The smallest absolute Gasteiger partial charge is 0.352 e. The molecule has 44 heavy (non-hydrogen) atoms. The molecule has 1 atom stereocenters. The van der Waals surface area contributed by atoms with Gasteiger partial charge in [-0.1, -0.05) is 78.5 Å². The summed E-state index contributed by atoms with van der Waals surface area (Å²) in [5.41, 5.74) is -0.216. The summed E-state index contributed by atoms with van der Waals surface area (Å²) in [7, 11) is -4.24. The van der Waals surface area contributed by atoms with Crippen LogP contribution in [0.15, 0.2) is 72.8 Å². The normalized spacial score (nSPS) is 14.7. The van der Waals surface area contributed by atoms with Crippen LogP contribution in [0.4, 0.5) is 18.9 Å². The molecule has 0 spiro atoms. The SMILES string of the molecule is CS(=O)(=O)N(CC(=O)N(Cc1ccc(Cl)cc1Cl)C(Cc1ccccc1)C(=O)NC1CCCC1)c1cccc(C(F)(F)F)c1. The maximum atomic E-state index is 14.2. The van der Waals surface area contributed by atoms with Crippen LogP contribution in [0.25, 0.3) is 0 Å². The van der Waals surface area contributed by atoms with Gasteiger partial charge in [0, 0.05) is 29.1 Å². The Bertz CT molecular complexity index is 1580. The van der Waals surface area contributed by atoms with E-state index in [4.69, 9.17) is 23.2 Å². The van der Waals surface area contributed by atoms with Crippen LogP contribution in [-0.4, -0.2) is 50.0 Å². The standard InChI is InChI=1S/C31H32Cl2F3N3O4S/c1-44(42,43)39(26-13-7-10-23(17-26)31(34,35)36)20-29(40)38(19-22-14-15-24(32)18-27(22)33)28(16-21-8-3-2-4-9-21)30(41)37-25-11-5-6-12-25/h2-4,7-10,13-15,17-18,25,28H,5-6,11-12,16,19-20H2,1H3,(H,37,41). The highest BCUT2D eigenvalue weighted by atomic mass is 35.5. The van der Waals surface area contributed by atoms with Crippen molar-refractivity contribution in [3.8, 4) is 0 Å². The van der Waals surface area contributed by atoms with E-state index in [2.05, 4.69) is 5.32 Å². The molecule has 7 nitrogen and oxygen atoms in total. The molecule has 13 heteroatoms. The Morgan fingerprint density at radius 2 is 1.66 bits per heavy atom. The molecule has 0 bridgehead atoms. The molecule has 1 N–H and O–H groups in total. The van der Waals surface area contributed by atoms with Crippen LogP contribution in [0.5, 0.6) is 0 Å². The van der Waals surface area contributed by atoms with Gasteiger partial charge in [-0.25, -0.2) is 8.42 Å². The van der Waals surface area contributed by atoms with E-state index in [0.29, 0.717) is 21.0 Å². The minimum absolute atomic E-state index is 0.0746. The fourth-order valence-corrected chi connectivity index (χ4v) is 6.52. The van der Waals surface area contributed by atoms with E-state index >= 15 is 0 Å². The van der Waals surface area contributed by atoms with Crippen LogP contribution in [0.3, 0.4) is 0 Å². The summed E-state index contributed by atoms with van der Waals surface area (Å²) in [5, 5.41) is 3.62. The van der Waals surface area contributed by atoms with Gasteiger partial charge < -0.3 is 10.2 Å². The summed E-state index contributed by atoms with van der Waals surface area (Å²) < 4.78 is 66.8. The van der Waals surface area contributed by atoms with E-state index < -0.39 is 46.2 Å². The van der Waals surface area contributed by atoms with Crippen molar-refractivity contribution in [3.05, 3.63) is 99.5 Å². The van der Waals surface area contributed by atoms with Crippen LogP contribution in [0.2, 0.25) is 10.0 Å². The molecule has 3 aromatic carbocycles. The van der Waals surface area contributed by atoms with E-state index in [1.165, 1.54) is 17.0 Å². The number of sulfonamides is 1. The van der Waals surface area contributed by atoms with Gasteiger partial charge in [-0.2, -0.15) is 13.2 Å². The first-order valence-electron chi connectivity index (χ1n) is 13.9. The topological polar surface area (TPSA) is 86.8 Å². The number of hydrogen-bond acceptors (Lipinski definition) is 4. The zero-order valence-corrected chi connectivity index (χ0v) is 26.2. The van der Waals surface area contributed by atoms with E-state index in [-0.39, 0.29) is 29.7 Å². The quantitative estimate of drug-likeness (QED) is 0.253. The monoisotopic (exact) mass is 669 g/mol. The number of hydrogen-bond donors (Lipinski definition) is 1. The number of nitrogens with one attached hydrogen (secondary N) is 1. The molecule has 2 amide bonds. The number of alkyl halides is 3. The molecule has 236 valence electrons. The number of rotatable bonds is 11. The molecule has 1 aliphatic rings. The zero-order valence-electron chi connectivity index (χ0n) is 23.9. The molecule has 4 rings (SSSR count). The number of benzene rings is 3. The van der Waals surface area contributed by atoms with Crippen molar-refractivity contribution in [1.29, 1.82) is 0 Å². The highest BCUT2D eigenvalue weighted by molar-refractivity contribution is 7.92. The van der Waals surface area contributed by atoms with Gasteiger partial charge in [-0.3, -0.25) is 13.9 Å². The average Bonchev–Trinajstić information content (AvgIpc) is 3.47. The molecule has 1 saturated carbocycles. The Hall–Kier alpha value is -3.28. The van der Waals surface area contributed by atoms with E-state index in [1.54, 1.807) is 36.4 Å². The third-order valence-corrected chi connectivity index (χ3v) is 9.20. The zero-order chi connectivity index (χ0) is 32.1. The number of halogens is 5. The summed E-state index contributed by atoms with van der Waals surface area (Å²) >= 11 is 12.5. The molecule has 1 fully saturated rings. The van der Waals surface area contributed by atoms with Crippen molar-refractivity contribution in [2.24, 2.45) is 0 Å². The van der Waals surface area contributed by atoms with Gasteiger partial charge in [-0.05, 0) is 54.3 Å². The third kappa shape index (κ3) is 8.89. The first kappa shape index (κ1) is 33.6. The number of anilines is 1. The van der Waals surface area contributed by atoms with Gasteiger partial charge >= 0.3 is 6.18 Å². The summed E-state index contributed by atoms with van der Waals surface area (Å²) in [6, 6.07) is 16.2. The van der Waals surface area contributed by atoms with Crippen LogP contribution >= 0.6 is 23.2 Å². The van der Waals surface area contributed by atoms with Gasteiger partial charge in [0.1, 0.15) is 12.6 Å². The average molecular weight is 671 g/mol. The molecule has 0 radical (unpaired) electrons. The maximum absolute atomic E-state index is 14.2. The van der Waals surface area contributed by atoms with Crippen molar-refractivity contribution in [1.82, 2.24) is 10.2 Å². The predicted octanol–water partition coefficient (Wildman–Crippen LogP) is 6.48. The Morgan fingerprint density at radius 1 is 0.977 bits per heavy atom. The number of amides is 2. The van der Waals surface area contributed by atoms with Gasteiger partial charge in [0.25, 0.3) is 0 Å². The second-order valence-corrected chi connectivity index (χ2v) is 13.5. The molecular weight excluding hydrogens is 638 g/mol. The first-order valence-corrected chi connectivity index (χ1v) is 16.6. The van der Waals surface area contributed by atoms with E-state index in [0.717, 1.165) is 49.6 Å². The summed E-state index contributed by atoms with van der Waals surface area (Å²) in [6.45, 7) is -1.04. The first-order chi connectivity index (χ1) is 20.7. The van der Waals surface area contributed by atoms with E-state index in [9.17, 15) is 31.2 Å². The van der Waals surface area contributed by atoms with Crippen molar-refractivity contribution in [2.75, 3.05) is 17.1 Å². The second kappa shape index (κ2) is 14.2. The van der Waals surface area contributed by atoms with Gasteiger partial charge in [-0.15, -0.1) is 0 Å². The number of carbonyl (C=O) groups excluding carboxylic acids is 2. The molecule has 3 aromatic rings. The van der Waals surface area contributed by atoms with Crippen LogP contribution < -0.4 is 9.62 Å². The van der Waals surface area contributed by atoms with Gasteiger partial charge in [0.05, 0.1) is 17.5 Å². The molecular formula is C31H32Cl2F3N3O4S. The van der Waals surface area contributed by atoms with Crippen LogP contribution in [-0.2, 0) is 38.8 Å². The summed E-state index contributed by atoms with van der Waals surface area (Å²) in [5.74, 6) is -1.23. The van der Waals surface area contributed by atoms with Crippen molar-refractivity contribution >= 4 is 50.7 Å². The lowest BCUT2D eigenvalue weighted by Gasteiger charge is -2.34. The molecule has 1 unspecified atom stereocenters. The Labute approximate surface area is 265 Å². The van der Waals surface area contributed by atoms with Crippen molar-refractivity contribution in [3.63, 3.8) is 0 Å². The maximum Gasteiger partial charge on any atom is 0.416 e. The molecule has 0 aromatic heterocycles. The highest BCUT2D eigenvalue weighted by Gasteiger charge is 2.36. The van der Waals surface area contributed by atoms with Gasteiger partial charge in [0.2, 0.25) is 21.8 Å². The third-order valence-electron chi connectivity index (χ3n) is 7.47. The lowest BCUT2D eigenvalue weighted by molar-refractivity contribution is -0.140. The lowest BCUT2D eigenvalue weighted by atomic mass is 10.0. The van der Waals surface area contributed by atoms with Crippen molar-refractivity contribution < 1.29 is 31.2 Å². The molecule has 0 aliphatic heterocycles. The predicted molar refractivity (Wildman–Crippen MR) is 165 cm³/mol.